The van der Waals surface area contributed by atoms with E-state index in [0.29, 0.717) is 56.5 Å². The van der Waals surface area contributed by atoms with Gasteiger partial charge in [0.2, 0.25) is 31.9 Å². The maximum atomic E-state index is 12.4. The average molecular weight is 915 g/mol. The monoisotopic (exact) mass is 914 g/mol. The summed E-state index contributed by atoms with van der Waals surface area (Å²) in [4.78, 5) is 55.5. The van der Waals surface area contributed by atoms with E-state index in [9.17, 15) is 36.0 Å². The summed E-state index contributed by atoms with van der Waals surface area (Å²) in [7, 11) is -6.72. The molecule has 0 unspecified atom stereocenters. The molecule has 352 valence electrons. The molecule has 4 aliphatic rings. The Labute approximate surface area is 367 Å². The lowest BCUT2D eigenvalue weighted by Gasteiger charge is -2.44. The normalized spacial score (nSPS) is 27.2. The molecular weight excluding hydrogens is 845 g/mol. The molecule has 0 aromatic rings. The van der Waals surface area contributed by atoms with E-state index in [1.54, 1.807) is 19.9 Å². The van der Waals surface area contributed by atoms with Gasteiger partial charge in [-0.25, -0.2) is 35.9 Å². The summed E-state index contributed by atoms with van der Waals surface area (Å²) in [6.07, 6.45) is 9.91. The molecule has 20 nitrogen and oxygen atoms in total. The van der Waals surface area contributed by atoms with Crippen molar-refractivity contribution < 1.29 is 45.5 Å². The van der Waals surface area contributed by atoms with Crippen LogP contribution in [-0.2, 0) is 48.7 Å². The smallest absolute Gasteiger partial charge is 0.333 e. The highest BCUT2D eigenvalue weighted by Crippen LogP contribution is 2.30. The largest absolute Gasteiger partial charge is 0.463 e. The van der Waals surface area contributed by atoms with Gasteiger partial charge in [-0.2, -0.15) is 0 Å². The predicted molar refractivity (Wildman–Crippen MR) is 235 cm³/mol. The molecule has 4 rings (SSSR count). The van der Waals surface area contributed by atoms with Crippen LogP contribution >= 0.6 is 0 Å². The first-order valence-corrected chi connectivity index (χ1v) is 25.2. The SMILES string of the molecule is CCCCS(=O)(=O)N[C@@H]1CCCN([C@@H]2C=C(C(=O)OCC)C[C@H](N)[C@H]2NC(C)=O)C1.CCCCS(=O)(=O)N[C@@H]1CCCN([C@@H]2C=C(C(=O)OCC)C[C@H](N=[N+]=[N-])[C@H]2NC(C)=O)C1. The molecule has 0 bridgehead atoms. The van der Waals surface area contributed by atoms with Crippen molar-refractivity contribution in [3.63, 3.8) is 0 Å². The van der Waals surface area contributed by atoms with Crippen LogP contribution in [0.5, 0.6) is 0 Å². The number of rotatable bonds is 19. The Hall–Kier alpha value is -3.63. The maximum absolute atomic E-state index is 12.4. The number of sulfonamides is 2. The number of likely N-dealkylation sites (tertiary alicyclic amines) is 2. The highest BCUT2D eigenvalue weighted by molar-refractivity contribution is 7.89. The van der Waals surface area contributed by atoms with Gasteiger partial charge in [0.25, 0.3) is 0 Å². The molecule has 2 fully saturated rings. The van der Waals surface area contributed by atoms with Crippen molar-refractivity contribution in [1.29, 1.82) is 0 Å². The lowest BCUT2D eigenvalue weighted by molar-refractivity contribution is -0.139. The minimum absolute atomic E-state index is 0.0871. The van der Waals surface area contributed by atoms with Gasteiger partial charge in [-0.15, -0.1) is 0 Å². The molecule has 0 aromatic heterocycles. The fourth-order valence-electron chi connectivity index (χ4n) is 8.45. The topological polar surface area (TPSA) is 284 Å². The van der Waals surface area contributed by atoms with Crippen LogP contribution in [0.25, 0.3) is 10.4 Å². The van der Waals surface area contributed by atoms with Crippen molar-refractivity contribution in [2.75, 3.05) is 50.9 Å². The quantitative estimate of drug-likeness (QED) is 0.0536. The molecule has 2 saturated heterocycles. The second kappa shape index (κ2) is 25.6. The number of carbonyl (C=O) groups is 4. The van der Waals surface area contributed by atoms with Gasteiger partial charge in [-0.05, 0) is 83.8 Å². The molecule has 0 radical (unpaired) electrons. The second-order valence-electron chi connectivity index (χ2n) is 16.4. The standard InChI is InChI=1S/C20H34N6O5S.C20H36N4O5S/c1-4-6-10-32(29,30)24-16-8-7-9-26(13-16)18-12-15(20(28)31-5-2)11-17(23-25-21)19(18)22-14(3)27;1-4-6-10-30(27,28)23-16-8-7-9-24(13-16)18-12-15(20(26)29-5-2)11-17(21)19(18)22-14(3)25/h12,16-19,24H,4-11,13H2,1-3H3,(H,22,27);12,16-19,23H,4-11,13,21H2,1-3H3,(H,22,25)/t2*16-,17+,18-,19-/m11/s1. The first-order chi connectivity index (χ1) is 29.4. The van der Waals surface area contributed by atoms with E-state index in [4.69, 9.17) is 20.7 Å². The summed E-state index contributed by atoms with van der Waals surface area (Å²) in [5.74, 6) is -1.14. The number of hydrogen-bond acceptors (Lipinski definition) is 14. The van der Waals surface area contributed by atoms with Gasteiger partial charge >= 0.3 is 11.9 Å². The van der Waals surface area contributed by atoms with Gasteiger partial charge < -0.3 is 25.8 Å². The second-order valence-corrected chi connectivity index (χ2v) is 20.1. The Morgan fingerprint density at radius 1 is 0.758 bits per heavy atom. The zero-order valence-corrected chi connectivity index (χ0v) is 38.8. The first kappa shape index (κ1) is 52.7. The number of ether oxygens (including phenoxy) is 2. The van der Waals surface area contributed by atoms with E-state index in [1.807, 2.05) is 24.8 Å². The number of nitrogens with one attached hydrogen (secondary N) is 4. The first-order valence-electron chi connectivity index (χ1n) is 21.9. The van der Waals surface area contributed by atoms with Crippen LogP contribution in [0.2, 0.25) is 0 Å². The maximum Gasteiger partial charge on any atom is 0.333 e. The van der Waals surface area contributed by atoms with Gasteiger partial charge in [-0.1, -0.05) is 44.0 Å². The summed E-state index contributed by atoms with van der Waals surface area (Å²) in [6.45, 7) is 13.0. The van der Waals surface area contributed by atoms with Crippen LogP contribution in [0, 0.1) is 0 Å². The lowest BCUT2D eigenvalue weighted by Crippen LogP contribution is -2.63. The third kappa shape index (κ3) is 16.8. The Balaban J connectivity index is 0.000000331. The number of hydrogen-bond donors (Lipinski definition) is 5. The summed E-state index contributed by atoms with van der Waals surface area (Å²) >= 11 is 0. The van der Waals surface area contributed by atoms with Crippen molar-refractivity contribution in [2.45, 2.75) is 154 Å². The highest BCUT2D eigenvalue weighted by Gasteiger charge is 2.41. The molecule has 2 aliphatic carbocycles. The Morgan fingerprint density at radius 2 is 1.19 bits per heavy atom. The van der Waals surface area contributed by atoms with Crippen molar-refractivity contribution in [2.24, 2.45) is 10.8 Å². The average Bonchev–Trinajstić information content (AvgIpc) is 3.20. The molecule has 0 spiro atoms. The summed E-state index contributed by atoms with van der Waals surface area (Å²) in [6, 6.07) is -3.25. The van der Waals surface area contributed by atoms with Gasteiger partial charge in [-0.3, -0.25) is 19.4 Å². The number of piperidine rings is 2. The third-order valence-electron chi connectivity index (χ3n) is 11.2. The van der Waals surface area contributed by atoms with Gasteiger partial charge in [0, 0.05) is 67.2 Å². The molecule has 2 heterocycles. The molecular formula is C40H70N10O10S2. The fourth-order valence-corrected chi connectivity index (χ4v) is 11.4. The highest BCUT2D eigenvalue weighted by atomic mass is 32.2. The van der Waals surface area contributed by atoms with Crippen LogP contribution < -0.4 is 25.8 Å². The van der Waals surface area contributed by atoms with Crippen LogP contribution in [0.15, 0.2) is 28.4 Å². The van der Waals surface area contributed by atoms with Crippen molar-refractivity contribution in [3.05, 3.63) is 33.7 Å². The number of nitrogens with two attached hydrogens (primary N) is 1. The molecule has 0 saturated carbocycles. The van der Waals surface area contributed by atoms with Gasteiger partial charge in [0.1, 0.15) is 0 Å². The number of esters is 2. The van der Waals surface area contributed by atoms with Gasteiger partial charge in [0.05, 0.1) is 48.9 Å². The van der Waals surface area contributed by atoms with Crippen molar-refractivity contribution in [1.82, 2.24) is 29.9 Å². The molecule has 8 atom stereocenters. The van der Waals surface area contributed by atoms with E-state index in [2.05, 4.69) is 35.0 Å². The zero-order chi connectivity index (χ0) is 46.0. The Bertz CT molecular complexity index is 1860. The minimum Gasteiger partial charge on any atom is -0.463 e. The van der Waals surface area contributed by atoms with Crippen molar-refractivity contribution >= 4 is 43.8 Å². The molecule has 0 aromatic carbocycles. The molecule has 6 N–H and O–H groups in total. The predicted octanol–water partition coefficient (Wildman–Crippen LogP) is 1.88. The van der Waals surface area contributed by atoms with E-state index in [-0.39, 0.29) is 67.1 Å². The summed E-state index contributed by atoms with van der Waals surface area (Å²) in [5, 5.41) is 9.63. The van der Waals surface area contributed by atoms with Crippen LogP contribution in [-0.4, -0.2) is 150 Å². The van der Waals surface area contributed by atoms with E-state index in [1.165, 1.54) is 13.8 Å². The molecule has 22 heteroatoms. The summed E-state index contributed by atoms with van der Waals surface area (Å²) in [5.41, 5.74) is 16.3. The van der Waals surface area contributed by atoms with E-state index >= 15 is 0 Å². The number of azide groups is 1. The lowest BCUT2D eigenvalue weighted by atomic mass is 9.85. The third-order valence-corrected chi connectivity index (χ3v) is 14.3. The fraction of sp³-hybridized carbons (Fsp3) is 0.800. The summed E-state index contributed by atoms with van der Waals surface area (Å²) < 4.78 is 65.3. The number of carbonyl (C=O) groups excluding carboxylic acids is 4. The molecule has 2 amide bonds. The Kier molecular flexibility index (Phi) is 21.8. The number of unbranched alkanes of at least 4 members (excludes halogenated alkanes) is 2. The van der Waals surface area contributed by atoms with E-state index in [0.717, 1.165) is 38.6 Å². The Morgan fingerprint density at radius 3 is 1.61 bits per heavy atom. The number of amides is 2. The zero-order valence-electron chi connectivity index (χ0n) is 37.2. The minimum atomic E-state index is -3.38. The van der Waals surface area contributed by atoms with E-state index < -0.39 is 56.2 Å². The van der Waals surface area contributed by atoms with Crippen LogP contribution in [0.3, 0.4) is 0 Å². The van der Waals surface area contributed by atoms with Crippen LogP contribution in [0.4, 0.5) is 0 Å². The molecule has 2 aliphatic heterocycles. The molecule has 62 heavy (non-hydrogen) atoms. The van der Waals surface area contributed by atoms with Crippen LogP contribution in [0.1, 0.15) is 106 Å². The van der Waals surface area contributed by atoms with Crippen molar-refractivity contribution in [3.8, 4) is 0 Å². The number of nitrogens with zero attached hydrogens (tertiary/aromatic N) is 5. The van der Waals surface area contributed by atoms with Gasteiger partial charge in [0.15, 0.2) is 0 Å².